The van der Waals surface area contributed by atoms with Crippen LogP contribution in [0.25, 0.3) is 0 Å². The van der Waals surface area contributed by atoms with Crippen LogP contribution in [-0.4, -0.2) is 47.7 Å². The van der Waals surface area contributed by atoms with Crippen molar-refractivity contribution in [2.24, 2.45) is 0 Å². The van der Waals surface area contributed by atoms with Crippen molar-refractivity contribution in [1.29, 1.82) is 0 Å². The second-order valence-electron chi connectivity index (χ2n) is 4.76. The van der Waals surface area contributed by atoms with Gasteiger partial charge in [-0.2, -0.15) is 0 Å². The molecule has 1 heterocycles. The van der Waals surface area contributed by atoms with Crippen molar-refractivity contribution < 1.29 is 19.4 Å². The van der Waals surface area contributed by atoms with Crippen LogP contribution >= 0.6 is 11.6 Å². The molecule has 1 amide bonds. The van der Waals surface area contributed by atoms with Crippen molar-refractivity contribution in [2.75, 3.05) is 19.7 Å². The van der Waals surface area contributed by atoms with Crippen LogP contribution < -0.4 is 0 Å². The van der Waals surface area contributed by atoms with E-state index in [1.807, 2.05) is 6.07 Å². The lowest BCUT2D eigenvalue weighted by molar-refractivity contribution is -0.159. The number of carboxylic acid groups (broad SMARTS) is 1. The lowest BCUT2D eigenvalue weighted by Gasteiger charge is -2.32. The molecule has 20 heavy (non-hydrogen) atoms. The SMILES string of the molecule is C[C@H](C(=O)N1CCO[C@@H](C(=O)O)C1)c1cccc(Cl)c1. The molecule has 1 N–H and O–H groups in total. The number of hydrogen-bond donors (Lipinski definition) is 1. The Labute approximate surface area is 122 Å². The minimum Gasteiger partial charge on any atom is -0.479 e. The zero-order valence-corrected chi connectivity index (χ0v) is 11.8. The number of amides is 1. The lowest BCUT2D eigenvalue weighted by atomic mass is 9.99. The largest absolute Gasteiger partial charge is 0.479 e. The van der Waals surface area contributed by atoms with Gasteiger partial charge in [0.25, 0.3) is 0 Å². The summed E-state index contributed by atoms with van der Waals surface area (Å²) in [4.78, 5) is 24.9. The topological polar surface area (TPSA) is 66.8 Å². The molecule has 2 rings (SSSR count). The molecule has 1 aliphatic heterocycles. The van der Waals surface area contributed by atoms with E-state index >= 15 is 0 Å². The van der Waals surface area contributed by atoms with Crippen molar-refractivity contribution in [2.45, 2.75) is 18.9 Å². The first-order valence-corrected chi connectivity index (χ1v) is 6.75. The van der Waals surface area contributed by atoms with Crippen LogP contribution in [0, 0.1) is 0 Å². The van der Waals surface area contributed by atoms with Crippen molar-refractivity contribution in [3.63, 3.8) is 0 Å². The van der Waals surface area contributed by atoms with E-state index in [1.165, 1.54) is 4.90 Å². The van der Waals surface area contributed by atoms with Crippen LogP contribution in [-0.2, 0) is 14.3 Å². The Morgan fingerprint density at radius 1 is 1.50 bits per heavy atom. The second-order valence-corrected chi connectivity index (χ2v) is 5.20. The van der Waals surface area contributed by atoms with Gasteiger partial charge in [-0.3, -0.25) is 4.79 Å². The first kappa shape index (κ1) is 14.8. The van der Waals surface area contributed by atoms with E-state index in [0.29, 0.717) is 11.6 Å². The van der Waals surface area contributed by atoms with Crippen LogP contribution in [0.5, 0.6) is 0 Å². The number of carboxylic acids is 1. The van der Waals surface area contributed by atoms with Gasteiger partial charge in [-0.15, -0.1) is 0 Å². The number of aliphatic carboxylic acids is 1. The van der Waals surface area contributed by atoms with Gasteiger partial charge in [-0.05, 0) is 24.6 Å². The molecule has 1 aromatic carbocycles. The monoisotopic (exact) mass is 297 g/mol. The quantitative estimate of drug-likeness (QED) is 0.923. The molecular formula is C14H16ClNO4. The Hall–Kier alpha value is -1.59. The molecular weight excluding hydrogens is 282 g/mol. The maximum absolute atomic E-state index is 12.4. The van der Waals surface area contributed by atoms with E-state index in [1.54, 1.807) is 25.1 Å². The number of nitrogens with zero attached hydrogens (tertiary/aromatic N) is 1. The summed E-state index contributed by atoms with van der Waals surface area (Å²) >= 11 is 5.92. The summed E-state index contributed by atoms with van der Waals surface area (Å²) in [6, 6.07) is 7.13. The van der Waals surface area contributed by atoms with Crippen molar-refractivity contribution in [3.05, 3.63) is 34.9 Å². The highest BCUT2D eigenvalue weighted by Gasteiger charge is 2.31. The molecule has 6 heteroatoms. The number of morpholine rings is 1. The normalized spacial score (nSPS) is 20.5. The van der Waals surface area contributed by atoms with E-state index in [-0.39, 0.29) is 25.0 Å². The Kier molecular flexibility index (Phi) is 4.62. The molecule has 1 aliphatic rings. The molecule has 0 unspecified atom stereocenters. The first-order chi connectivity index (χ1) is 9.49. The van der Waals surface area contributed by atoms with E-state index < -0.39 is 12.1 Å². The highest BCUT2D eigenvalue weighted by Crippen LogP contribution is 2.22. The Morgan fingerprint density at radius 3 is 2.90 bits per heavy atom. The summed E-state index contributed by atoms with van der Waals surface area (Å²) in [5.74, 6) is -1.51. The smallest absolute Gasteiger partial charge is 0.334 e. The summed E-state index contributed by atoms with van der Waals surface area (Å²) in [7, 11) is 0. The summed E-state index contributed by atoms with van der Waals surface area (Å²) in [5.41, 5.74) is 0.820. The fourth-order valence-electron chi connectivity index (χ4n) is 2.19. The third-order valence-corrected chi connectivity index (χ3v) is 3.61. The van der Waals surface area contributed by atoms with Crippen molar-refractivity contribution in [1.82, 2.24) is 4.90 Å². The lowest BCUT2D eigenvalue weighted by Crippen LogP contribution is -2.49. The zero-order valence-electron chi connectivity index (χ0n) is 11.1. The van der Waals surface area contributed by atoms with Gasteiger partial charge in [0.15, 0.2) is 6.10 Å². The summed E-state index contributed by atoms with van der Waals surface area (Å²) in [6.45, 7) is 2.52. The number of benzene rings is 1. The van der Waals surface area contributed by atoms with E-state index in [2.05, 4.69) is 0 Å². The number of halogens is 1. The summed E-state index contributed by atoms with van der Waals surface area (Å²) in [6.07, 6.45) is -0.945. The van der Waals surface area contributed by atoms with Gasteiger partial charge < -0.3 is 14.7 Å². The van der Waals surface area contributed by atoms with E-state index in [9.17, 15) is 9.59 Å². The van der Waals surface area contributed by atoms with Gasteiger partial charge in [0.2, 0.25) is 5.91 Å². The van der Waals surface area contributed by atoms with Gasteiger partial charge in [0, 0.05) is 11.6 Å². The number of carbonyl (C=O) groups is 2. The molecule has 1 fully saturated rings. The van der Waals surface area contributed by atoms with Gasteiger partial charge in [0.1, 0.15) is 0 Å². The first-order valence-electron chi connectivity index (χ1n) is 6.37. The average Bonchev–Trinajstić information content (AvgIpc) is 2.45. The van der Waals surface area contributed by atoms with Crippen LogP contribution in [0.3, 0.4) is 0 Å². The molecule has 0 aromatic heterocycles. The maximum atomic E-state index is 12.4. The third kappa shape index (κ3) is 3.29. The summed E-state index contributed by atoms with van der Waals surface area (Å²) in [5, 5.41) is 9.53. The zero-order chi connectivity index (χ0) is 14.7. The molecule has 1 aromatic rings. The van der Waals surface area contributed by atoms with Gasteiger partial charge in [-0.25, -0.2) is 4.79 Å². The molecule has 2 atom stereocenters. The van der Waals surface area contributed by atoms with Crippen molar-refractivity contribution in [3.8, 4) is 0 Å². The Bertz CT molecular complexity index is 520. The molecule has 0 aliphatic carbocycles. The fraction of sp³-hybridized carbons (Fsp3) is 0.429. The van der Waals surface area contributed by atoms with Crippen molar-refractivity contribution >= 4 is 23.5 Å². The Morgan fingerprint density at radius 2 is 2.25 bits per heavy atom. The van der Waals surface area contributed by atoms with Crippen LogP contribution in [0.1, 0.15) is 18.4 Å². The standard InChI is InChI=1S/C14H16ClNO4/c1-9(10-3-2-4-11(15)7-10)13(17)16-5-6-20-12(8-16)14(18)19/h2-4,7,9,12H,5-6,8H2,1H3,(H,18,19)/t9-,12+/m0/s1. The van der Waals surface area contributed by atoms with Gasteiger partial charge >= 0.3 is 5.97 Å². The molecule has 5 nitrogen and oxygen atoms in total. The number of carbonyl (C=O) groups excluding carboxylic acids is 1. The number of hydrogen-bond acceptors (Lipinski definition) is 3. The minimum absolute atomic E-state index is 0.0824. The molecule has 108 valence electrons. The molecule has 1 saturated heterocycles. The van der Waals surface area contributed by atoms with Gasteiger partial charge in [-0.1, -0.05) is 23.7 Å². The van der Waals surface area contributed by atoms with E-state index in [4.69, 9.17) is 21.4 Å². The maximum Gasteiger partial charge on any atom is 0.334 e. The molecule has 0 saturated carbocycles. The third-order valence-electron chi connectivity index (χ3n) is 3.37. The minimum atomic E-state index is -1.04. The molecule has 0 spiro atoms. The molecule has 0 bridgehead atoms. The van der Waals surface area contributed by atoms with Crippen LogP contribution in [0.15, 0.2) is 24.3 Å². The Balaban J connectivity index is 2.08. The number of ether oxygens (including phenoxy) is 1. The van der Waals surface area contributed by atoms with Crippen LogP contribution in [0.2, 0.25) is 5.02 Å². The van der Waals surface area contributed by atoms with Gasteiger partial charge in [0.05, 0.1) is 19.1 Å². The highest BCUT2D eigenvalue weighted by molar-refractivity contribution is 6.30. The average molecular weight is 298 g/mol. The predicted molar refractivity (Wildman–Crippen MR) is 73.8 cm³/mol. The molecule has 0 radical (unpaired) electrons. The summed E-state index contributed by atoms with van der Waals surface area (Å²) < 4.78 is 5.11. The van der Waals surface area contributed by atoms with Crippen LogP contribution in [0.4, 0.5) is 0 Å². The van der Waals surface area contributed by atoms with E-state index in [0.717, 1.165) is 5.56 Å². The fourth-order valence-corrected chi connectivity index (χ4v) is 2.39. The predicted octanol–water partition coefficient (Wildman–Crippen LogP) is 1.76. The second kappa shape index (κ2) is 6.24. The number of rotatable bonds is 3. The highest BCUT2D eigenvalue weighted by atomic mass is 35.5.